The van der Waals surface area contributed by atoms with Gasteiger partial charge in [-0.15, -0.1) is 0 Å². The highest BCUT2D eigenvalue weighted by Crippen LogP contribution is 2.34. The second-order valence-electron chi connectivity index (χ2n) is 10.8. The Kier molecular flexibility index (Phi) is 20.5. The maximum atomic E-state index is 11.9. The number of rotatable bonds is 25. The lowest BCUT2D eigenvalue weighted by molar-refractivity contribution is -0.293. The highest BCUT2D eigenvalue weighted by molar-refractivity contribution is 5.74. The van der Waals surface area contributed by atoms with Gasteiger partial charge in [-0.3, -0.25) is 19.2 Å². The molecule has 0 aromatic heterocycles. The Balaban J connectivity index is 1.62. The smallest absolute Gasteiger partial charge is 0.303 e. The van der Waals surface area contributed by atoms with Crippen LogP contribution >= 0.6 is 0 Å². The summed E-state index contributed by atoms with van der Waals surface area (Å²) in [6.45, 7) is 5.98. The Hall–Kier alpha value is -3.22. The Morgan fingerprint density at radius 1 is 0.750 bits per heavy atom. The number of aliphatic hydroxyl groups is 1. The van der Waals surface area contributed by atoms with E-state index in [0.717, 1.165) is 19.4 Å². The van der Waals surface area contributed by atoms with E-state index in [1.54, 1.807) is 0 Å². The second-order valence-corrected chi connectivity index (χ2v) is 10.8. The quantitative estimate of drug-likeness (QED) is 0.0805. The van der Waals surface area contributed by atoms with Gasteiger partial charge < -0.3 is 58.2 Å². The van der Waals surface area contributed by atoms with Gasteiger partial charge in [0.05, 0.1) is 78.6 Å². The normalized spacial score (nSPS) is 21.3. The van der Waals surface area contributed by atoms with Gasteiger partial charge in [-0.05, 0) is 5.56 Å². The van der Waals surface area contributed by atoms with Crippen LogP contribution in [0.5, 0.6) is 0 Å². The molecule has 16 nitrogen and oxygen atoms in total. The molecule has 2 rings (SSSR count). The summed E-state index contributed by atoms with van der Waals surface area (Å²) < 4.78 is 54.9. The molecular weight excluding hydrogens is 638 g/mol. The van der Waals surface area contributed by atoms with Gasteiger partial charge in [0.15, 0.2) is 12.4 Å². The molecule has 1 amide bonds. The van der Waals surface area contributed by atoms with Crippen LogP contribution in [0.2, 0.25) is 0 Å². The number of benzene rings is 1. The van der Waals surface area contributed by atoms with E-state index in [4.69, 9.17) is 53.1 Å². The first-order chi connectivity index (χ1) is 23.1. The van der Waals surface area contributed by atoms with Gasteiger partial charge in [0, 0.05) is 27.2 Å². The highest BCUT2D eigenvalue weighted by Gasteiger charge is 2.51. The van der Waals surface area contributed by atoms with E-state index in [9.17, 15) is 24.3 Å². The number of nitrogens with two attached hydrogens (primary N) is 1. The molecule has 1 aliphatic heterocycles. The van der Waals surface area contributed by atoms with E-state index < -0.39 is 60.4 Å². The second kappa shape index (κ2) is 24.0. The molecule has 0 bridgehead atoms. The Morgan fingerprint density at radius 2 is 1.29 bits per heavy atom. The van der Waals surface area contributed by atoms with Crippen molar-refractivity contribution >= 4 is 23.8 Å². The monoisotopic (exact) mass is 687 g/mol. The molecule has 6 atom stereocenters. The lowest BCUT2D eigenvalue weighted by atomic mass is 9.87. The summed E-state index contributed by atoms with van der Waals surface area (Å²) in [5.74, 6) is -3.66. The third-order valence-electron chi connectivity index (χ3n) is 6.62. The van der Waals surface area contributed by atoms with Crippen molar-refractivity contribution in [1.29, 1.82) is 0 Å². The molecule has 0 unspecified atom stereocenters. The van der Waals surface area contributed by atoms with E-state index in [1.165, 1.54) is 6.92 Å². The van der Waals surface area contributed by atoms with Crippen molar-refractivity contribution in [3.8, 4) is 0 Å². The van der Waals surface area contributed by atoms with Gasteiger partial charge in [-0.25, -0.2) is 0 Å². The average molecular weight is 688 g/mol. The zero-order valence-electron chi connectivity index (χ0n) is 27.8. The summed E-state index contributed by atoms with van der Waals surface area (Å²) in [6, 6.07) is 9.69. The lowest BCUT2D eigenvalue weighted by Gasteiger charge is -2.44. The summed E-state index contributed by atoms with van der Waals surface area (Å²) in [6.07, 6.45) is -5.59. The molecule has 3 N–H and O–H groups in total. The number of primary amides is 1. The van der Waals surface area contributed by atoms with Crippen molar-refractivity contribution in [3.05, 3.63) is 35.9 Å². The number of hydrogen-bond donors (Lipinski definition) is 2. The highest BCUT2D eigenvalue weighted by atomic mass is 16.7. The van der Waals surface area contributed by atoms with Crippen LogP contribution in [0.25, 0.3) is 0 Å². The van der Waals surface area contributed by atoms with Crippen molar-refractivity contribution in [2.75, 3.05) is 72.7 Å². The topological polar surface area (TPSA) is 207 Å². The van der Waals surface area contributed by atoms with Crippen LogP contribution in [-0.4, -0.2) is 132 Å². The van der Waals surface area contributed by atoms with Crippen LogP contribution in [0, 0.1) is 5.92 Å². The first-order valence-electron chi connectivity index (χ1n) is 15.7. The molecule has 1 heterocycles. The fourth-order valence-electron chi connectivity index (χ4n) is 4.62. The standard InChI is InChI=1S/C32H49NO15/c1-22(34)45-21-28-31(47-24(3)36)30(46-23(2)35)27(17-29(33)38)32(48-28)44-16-15-41-12-11-39-9-10-40-13-14-42-19-26(37)20-43-18-25-7-5-4-6-8-25/h4-8,26-28,30-32,37H,9-21H2,1-3H3,(H2,33,38)/t26-,27+,28+,30+,31-,32+/m0/s1. The van der Waals surface area contributed by atoms with Crippen molar-refractivity contribution in [2.45, 2.75) is 64.5 Å². The number of carbonyl (C=O) groups is 4. The Labute approximate surface area is 280 Å². The van der Waals surface area contributed by atoms with Crippen LogP contribution in [0.15, 0.2) is 30.3 Å². The number of ether oxygens (including phenoxy) is 10. The number of hydrogen-bond acceptors (Lipinski definition) is 15. The zero-order chi connectivity index (χ0) is 35.1. The number of amides is 1. The number of carbonyl (C=O) groups excluding carboxylic acids is 4. The van der Waals surface area contributed by atoms with Crippen LogP contribution < -0.4 is 5.73 Å². The number of aliphatic hydroxyl groups excluding tert-OH is 1. The van der Waals surface area contributed by atoms with E-state index in [1.807, 2.05) is 30.3 Å². The van der Waals surface area contributed by atoms with Crippen molar-refractivity contribution in [2.24, 2.45) is 11.7 Å². The first-order valence-corrected chi connectivity index (χ1v) is 15.7. The van der Waals surface area contributed by atoms with Gasteiger partial charge in [-0.1, -0.05) is 30.3 Å². The molecule has 16 heteroatoms. The summed E-state index contributed by atoms with van der Waals surface area (Å²) in [5, 5.41) is 9.94. The first kappa shape index (κ1) is 41.0. The summed E-state index contributed by atoms with van der Waals surface area (Å²) in [4.78, 5) is 47.1. The number of esters is 3. The minimum atomic E-state index is -1.19. The molecule has 48 heavy (non-hydrogen) atoms. The van der Waals surface area contributed by atoms with Crippen molar-refractivity contribution < 1.29 is 71.7 Å². The minimum Gasteiger partial charge on any atom is -0.463 e. The molecule has 0 aliphatic carbocycles. The molecule has 272 valence electrons. The van der Waals surface area contributed by atoms with Crippen molar-refractivity contribution in [1.82, 2.24) is 0 Å². The summed E-state index contributed by atoms with van der Waals surface area (Å²) in [5.41, 5.74) is 6.47. The molecule has 0 radical (unpaired) electrons. The van der Waals surface area contributed by atoms with E-state index in [0.29, 0.717) is 39.6 Å². The molecule has 0 spiro atoms. The van der Waals surface area contributed by atoms with Crippen LogP contribution in [-0.2, 0) is 73.2 Å². The van der Waals surface area contributed by atoms with Gasteiger partial charge >= 0.3 is 17.9 Å². The predicted octanol–water partition coefficient (Wildman–Crippen LogP) is 0.290. The average Bonchev–Trinajstić information content (AvgIpc) is 3.02. The molecule has 1 aromatic rings. The third kappa shape index (κ3) is 17.8. The summed E-state index contributed by atoms with van der Waals surface area (Å²) in [7, 11) is 0. The molecule has 1 fully saturated rings. The lowest BCUT2D eigenvalue weighted by Crippen LogP contribution is -2.60. The molecular formula is C32H49NO15. The molecule has 1 aliphatic rings. The predicted molar refractivity (Wildman–Crippen MR) is 165 cm³/mol. The fraction of sp³-hybridized carbons (Fsp3) is 0.688. The molecule has 1 aromatic carbocycles. The third-order valence-corrected chi connectivity index (χ3v) is 6.62. The summed E-state index contributed by atoms with van der Waals surface area (Å²) >= 11 is 0. The van der Waals surface area contributed by atoms with Crippen LogP contribution in [0.3, 0.4) is 0 Å². The van der Waals surface area contributed by atoms with E-state index >= 15 is 0 Å². The largest absolute Gasteiger partial charge is 0.463 e. The van der Waals surface area contributed by atoms with E-state index in [2.05, 4.69) is 0 Å². The van der Waals surface area contributed by atoms with Crippen LogP contribution in [0.4, 0.5) is 0 Å². The maximum Gasteiger partial charge on any atom is 0.303 e. The van der Waals surface area contributed by atoms with Crippen molar-refractivity contribution in [3.63, 3.8) is 0 Å². The maximum absolute atomic E-state index is 11.9. The minimum absolute atomic E-state index is 0.0161. The molecule has 0 saturated carbocycles. The Morgan fingerprint density at radius 3 is 1.85 bits per heavy atom. The zero-order valence-corrected chi connectivity index (χ0v) is 27.8. The van der Waals surface area contributed by atoms with Gasteiger partial charge in [0.2, 0.25) is 5.91 Å². The SMILES string of the molecule is CC(=O)OC[C@H]1O[C@@H](OCCOCCOCCOCCOC[C@H](O)COCc2ccccc2)[C@H](CC(N)=O)[C@@H](OC(C)=O)[C@H]1OC(C)=O. The van der Waals surface area contributed by atoms with E-state index in [-0.39, 0.29) is 46.1 Å². The fourth-order valence-corrected chi connectivity index (χ4v) is 4.62. The van der Waals surface area contributed by atoms with Gasteiger partial charge in [0.25, 0.3) is 0 Å². The van der Waals surface area contributed by atoms with Gasteiger partial charge in [-0.2, -0.15) is 0 Å². The van der Waals surface area contributed by atoms with Crippen LogP contribution in [0.1, 0.15) is 32.8 Å². The Bertz CT molecular complexity index is 1070. The molecule has 1 saturated heterocycles. The van der Waals surface area contributed by atoms with Gasteiger partial charge in [0.1, 0.15) is 24.9 Å².